The molecule has 0 saturated carbocycles. The normalized spacial score (nSPS) is 22.3. The van der Waals surface area contributed by atoms with Crippen LogP contribution in [0.3, 0.4) is 0 Å². The average molecular weight is 429 g/mol. The minimum atomic E-state index is -0.984. The van der Waals surface area contributed by atoms with Gasteiger partial charge in [0.2, 0.25) is 5.91 Å². The molecule has 8 heteroatoms. The maximum absolute atomic E-state index is 13.6. The predicted octanol–water partition coefficient (Wildman–Crippen LogP) is 3.95. The lowest BCUT2D eigenvalue weighted by molar-refractivity contribution is -0.384. The summed E-state index contributed by atoms with van der Waals surface area (Å²) in [4.78, 5) is 44.8. The lowest BCUT2D eigenvalue weighted by Crippen LogP contribution is -2.37. The summed E-state index contributed by atoms with van der Waals surface area (Å²) in [5, 5.41) is 12.7. The Balaban J connectivity index is 1.59. The van der Waals surface area contributed by atoms with Crippen LogP contribution in [-0.4, -0.2) is 22.8 Å². The smallest absolute Gasteiger partial charge is 0.269 e. The van der Waals surface area contributed by atoms with Crippen molar-refractivity contribution >= 4 is 28.9 Å². The van der Waals surface area contributed by atoms with Crippen molar-refractivity contribution in [1.82, 2.24) is 0 Å². The van der Waals surface area contributed by atoms with Crippen LogP contribution in [0.2, 0.25) is 0 Å². The van der Waals surface area contributed by atoms with Crippen LogP contribution in [0.25, 0.3) is 0 Å². The van der Waals surface area contributed by atoms with E-state index in [0.29, 0.717) is 16.9 Å². The number of para-hydroxylation sites is 2. The van der Waals surface area contributed by atoms with Crippen molar-refractivity contribution in [1.29, 1.82) is 0 Å². The lowest BCUT2D eigenvalue weighted by Gasteiger charge is -2.29. The first-order valence-electron chi connectivity index (χ1n) is 10.2. The zero-order chi connectivity index (χ0) is 22.4. The van der Waals surface area contributed by atoms with Crippen molar-refractivity contribution in [2.75, 3.05) is 9.96 Å². The molecule has 2 aliphatic heterocycles. The van der Waals surface area contributed by atoms with Gasteiger partial charge in [-0.15, -0.1) is 0 Å². The standard InChI is InChI=1S/C24H19N3O5/c1-15-7-5-6-10-19(15)25-23(28)20-21(16-11-13-18(14-12-16)27(30)31)26(32-22(20)24(25)29)17-8-3-2-4-9-17/h2-14,20-22H,1H3/t20-,21-,22-/m1/s1. The van der Waals surface area contributed by atoms with E-state index in [1.165, 1.54) is 17.0 Å². The number of non-ortho nitro benzene ring substituents is 1. The Morgan fingerprint density at radius 1 is 0.875 bits per heavy atom. The molecule has 0 unspecified atom stereocenters. The largest absolute Gasteiger partial charge is 0.273 e. The van der Waals surface area contributed by atoms with Crippen molar-refractivity contribution in [2.24, 2.45) is 5.92 Å². The molecule has 0 aliphatic carbocycles. The van der Waals surface area contributed by atoms with E-state index in [4.69, 9.17) is 4.84 Å². The maximum Gasteiger partial charge on any atom is 0.269 e. The summed E-state index contributed by atoms with van der Waals surface area (Å²) in [5.41, 5.74) is 2.63. The molecular formula is C24H19N3O5. The molecule has 0 bridgehead atoms. The topological polar surface area (TPSA) is 93.0 Å². The second-order valence-electron chi connectivity index (χ2n) is 7.80. The van der Waals surface area contributed by atoms with Crippen molar-refractivity contribution in [2.45, 2.75) is 19.1 Å². The SMILES string of the molecule is Cc1ccccc1N1C(=O)[C@@H]2[C@@H](c3ccc([N+](=O)[O-])cc3)N(c3ccccc3)O[C@H]2C1=O. The van der Waals surface area contributed by atoms with Crippen molar-refractivity contribution in [3.05, 3.63) is 100 Å². The Hall–Kier alpha value is -4.04. The van der Waals surface area contributed by atoms with Gasteiger partial charge in [-0.1, -0.05) is 48.5 Å². The molecule has 3 atom stereocenters. The molecule has 3 aromatic carbocycles. The number of hydrogen-bond donors (Lipinski definition) is 0. The number of nitro benzene ring substituents is 1. The van der Waals surface area contributed by atoms with Crippen LogP contribution in [0.15, 0.2) is 78.9 Å². The van der Waals surface area contributed by atoms with Gasteiger partial charge in [0.05, 0.1) is 22.3 Å². The summed E-state index contributed by atoms with van der Waals surface area (Å²) in [6.07, 6.45) is -0.984. The predicted molar refractivity (Wildman–Crippen MR) is 117 cm³/mol. The Bertz CT molecular complexity index is 1210. The third-order valence-corrected chi connectivity index (χ3v) is 5.93. The summed E-state index contributed by atoms with van der Waals surface area (Å²) in [7, 11) is 0. The van der Waals surface area contributed by atoms with Gasteiger partial charge in [-0.3, -0.25) is 24.5 Å². The van der Waals surface area contributed by atoms with Gasteiger partial charge in [0.1, 0.15) is 5.92 Å². The number of rotatable bonds is 4. The summed E-state index contributed by atoms with van der Waals surface area (Å²) in [6.45, 7) is 1.84. The van der Waals surface area contributed by atoms with Crippen LogP contribution < -0.4 is 9.96 Å². The molecule has 0 spiro atoms. The van der Waals surface area contributed by atoms with E-state index < -0.39 is 28.9 Å². The maximum atomic E-state index is 13.6. The minimum absolute atomic E-state index is 0.0501. The van der Waals surface area contributed by atoms with E-state index in [1.807, 2.05) is 49.4 Å². The number of fused-ring (bicyclic) bond motifs is 1. The Morgan fingerprint density at radius 3 is 2.19 bits per heavy atom. The molecule has 2 heterocycles. The lowest BCUT2D eigenvalue weighted by atomic mass is 9.90. The summed E-state index contributed by atoms with van der Waals surface area (Å²) >= 11 is 0. The molecule has 2 amide bonds. The number of nitrogens with zero attached hydrogens (tertiary/aromatic N) is 3. The zero-order valence-corrected chi connectivity index (χ0v) is 17.1. The number of nitro groups is 1. The average Bonchev–Trinajstić information content (AvgIpc) is 3.31. The number of benzene rings is 3. The molecule has 2 saturated heterocycles. The second-order valence-corrected chi connectivity index (χ2v) is 7.80. The van der Waals surface area contributed by atoms with Crippen molar-refractivity contribution in [3.63, 3.8) is 0 Å². The van der Waals surface area contributed by atoms with Gasteiger partial charge in [-0.25, -0.2) is 9.96 Å². The van der Waals surface area contributed by atoms with Gasteiger partial charge in [0, 0.05) is 12.1 Å². The number of hydrogen-bond acceptors (Lipinski definition) is 6. The van der Waals surface area contributed by atoms with Crippen LogP contribution in [0.5, 0.6) is 0 Å². The van der Waals surface area contributed by atoms with E-state index in [9.17, 15) is 19.7 Å². The third kappa shape index (κ3) is 3.04. The number of carbonyl (C=O) groups is 2. The fourth-order valence-electron chi connectivity index (χ4n) is 4.40. The number of carbonyl (C=O) groups excluding carboxylic acids is 2. The van der Waals surface area contributed by atoms with Crippen LogP contribution in [0.1, 0.15) is 17.2 Å². The molecule has 0 radical (unpaired) electrons. The van der Waals surface area contributed by atoms with E-state index >= 15 is 0 Å². The van der Waals surface area contributed by atoms with Crippen LogP contribution >= 0.6 is 0 Å². The van der Waals surface area contributed by atoms with Crippen molar-refractivity contribution < 1.29 is 19.3 Å². The number of hydroxylamine groups is 1. The van der Waals surface area contributed by atoms with Crippen LogP contribution in [-0.2, 0) is 14.4 Å². The Kier molecular flexibility index (Phi) is 4.71. The highest BCUT2D eigenvalue weighted by Gasteiger charge is 2.60. The summed E-state index contributed by atoms with van der Waals surface area (Å²) in [5.74, 6) is -1.56. The molecule has 32 heavy (non-hydrogen) atoms. The highest BCUT2D eigenvalue weighted by Crippen LogP contribution is 2.48. The quantitative estimate of drug-likeness (QED) is 0.354. The Labute approximate surface area is 183 Å². The summed E-state index contributed by atoms with van der Waals surface area (Å²) < 4.78 is 0. The second kappa shape index (κ2) is 7.58. The fourth-order valence-corrected chi connectivity index (χ4v) is 4.40. The van der Waals surface area contributed by atoms with Gasteiger partial charge in [0.15, 0.2) is 6.10 Å². The third-order valence-electron chi connectivity index (χ3n) is 5.93. The highest BCUT2D eigenvalue weighted by molar-refractivity contribution is 6.24. The Morgan fingerprint density at radius 2 is 1.53 bits per heavy atom. The number of imide groups is 1. The molecule has 8 nitrogen and oxygen atoms in total. The first-order chi connectivity index (χ1) is 15.5. The first kappa shape index (κ1) is 19.9. The van der Waals surface area contributed by atoms with E-state index in [-0.39, 0.29) is 11.6 Å². The van der Waals surface area contributed by atoms with Gasteiger partial charge in [-0.2, -0.15) is 0 Å². The molecule has 160 valence electrons. The number of anilines is 2. The minimum Gasteiger partial charge on any atom is -0.273 e. The van der Waals surface area contributed by atoms with Gasteiger partial charge in [-0.05, 0) is 36.2 Å². The molecule has 5 rings (SSSR count). The van der Waals surface area contributed by atoms with Crippen LogP contribution in [0.4, 0.5) is 17.1 Å². The number of amides is 2. The van der Waals surface area contributed by atoms with E-state index in [2.05, 4.69) is 0 Å². The molecular weight excluding hydrogens is 410 g/mol. The highest BCUT2D eigenvalue weighted by atomic mass is 16.7. The van der Waals surface area contributed by atoms with E-state index in [1.54, 1.807) is 29.3 Å². The van der Waals surface area contributed by atoms with E-state index in [0.717, 1.165) is 5.56 Å². The monoisotopic (exact) mass is 429 g/mol. The molecule has 0 aromatic heterocycles. The molecule has 0 N–H and O–H groups in total. The number of aryl methyl sites for hydroxylation is 1. The van der Waals surface area contributed by atoms with Gasteiger partial charge < -0.3 is 0 Å². The first-order valence-corrected chi connectivity index (χ1v) is 10.2. The van der Waals surface area contributed by atoms with Crippen LogP contribution in [0, 0.1) is 23.0 Å². The fraction of sp³-hybridized carbons (Fsp3) is 0.167. The zero-order valence-electron chi connectivity index (χ0n) is 17.1. The van der Waals surface area contributed by atoms with Gasteiger partial charge >= 0.3 is 0 Å². The molecule has 3 aromatic rings. The van der Waals surface area contributed by atoms with Gasteiger partial charge in [0.25, 0.3) is 11.6 Å². The molecule has 2 fully saturated rings. The van der Waals surface area contributed by atoms with Crippen molar-refractivity contribution in [3.8, 4) is 0 Å². The molecule has 2 aliphatic rings. The summed E-state index contributed by atoms with van der Waals surface area (Å²) in [6, 6.07) is 21.8.